The first kappa shape index (κ1) is 12.9. The molecule has 0 atom stereocenters. The number of aryl methyl sites for hydroxylation is 2. The maximum atomic E-state index is 11.3. The number of carbonyl (C=O) groups is 1. The highest BCUT2D eigenvalue weighted by molar-refractivity contribution is 5.85. The van der Waals surface area contributed by atoms with Crippen LogP contribution in [-0.4, -0.2) is 11.1 Å². The molecule has 0 spiro atoms. The molecule has 0 unspecified atom stereocenters. The number of rotatable bonds is 3. The number of carboxylic acid groups (broad SMARTS) is 1. The molecule has 2 aromatic rings. The standard InChI is InChI=1S/C18H18O2/c1-12-3-4-15(11-13(12)2)14-5-7-16(8-6-14)18(9-10-18)17(19)20/h3-8,11H,9-10H2,1-2H3,(H,19,20). The molecular weight excluding hydrogens is 248 g/mol. The summed E-state index contributed by atoms with van der Waals surface area (Å²) in [6.45, 7) is 4.21. The second-order valence-electron chi connectivity index (χ2n) is 5.76. The van der Waals surface area contributed by atoms with Crippen molar-refractivity contribution in [1.82, 2.24) is 0 Å². The van der Waals surface area contributed by atoms with Crippen LogP contribution in [0, 0.1) is 13.8 Å². The Morgan fingerprint density at radius 3 is 2.05 bits per heavy atom. The smallest absolute Gasteiger partial charge is 0.314 e. The lowest BCUT2D eigenvalue weighted by Gasteiger charge is -2.11. The van der Waals surface area contributed by atoms with Gasteiger partial charge in [-0.2, -0.15) is 0 Å². The van der Waals surface area contributed by atoms with Crippen molar-refractivity contribution in [3.8, 4) is 11.1 Å². The van der Waals surface area contributed by atoms with Gasteiger partial charge in [0.1, 0.15) is 0 Å². The summed E-state index contributed by atoms with van der Waals surface area (Å²) in [5.74, 6) is -0.698. The molecule has 102 valence electrons. The van der Waals surface area contributed by atoms with E-state index in [-0.39, 0.29) is 0 Å². The van der Waals surface area contributed by atoms with Gasteiger partial charge in [0, 0.05) is 0 Å². The predicted octanol–water partition coefficient (Wildman–Crippen LogP) is 4.09. The van der Waals surface area contributed by atoms with E-state index in [0.29, 0.717) is 0 Å². The molecule has 1 aliphatic carbocycles. The minimum Gasteiger partial charge on any atom is -0.481 e. The average Bonchev–Trinajstić information content (AvgIpc) is 3.24. The van der Waals surface area contributed by atoms with Crippen molar-refractivity contribution in [3.63, 3.8) is 0 Å². The van der Waals surface area contributed by atoms with Crippen molar-refractivity contribution in [2.45, 2.75) is 32.1 Å². The molecule has 0 bridgehead atoms. The zero-order valence-corrected chi connectivity index (χ0v) is 11.8. The van der Waals surface area contributed by atoms with Crippen LogP contribution in [0.5, 0.6) is 0 Å². The lowest BCUT2D eigenvalue weighted by atomic mass is 9.93. The van der Waals surface area contributed by atoms with E-state index in [4.69, 9.17) is 0 Å². The first-order chi connectivity index (χ1) is 9.53. The number of benzene rings is 2. The molecule has 0 heterocycles. The third-order valence-electron chi connectivity index (χ3n) is 4.44. The molecule has 1 N–H and O–H groups in total. The number of hydrogen-bond donors (Lipinski definition) is 1. The van der Waals surface area contributed by atoms with Crippen LogP contribution in [0.2, 0.25) is 0 Å². The lowest BCUT2D eigenvalue weighted by Crippen LogP contribution is -2.19. The van der Waals surface area contributed by atoms with Gasteiger partial charge in [-0.15, -0.1) is 0 Å². The summed E-state index contributed by atoms with van der Waals surface area (Å²) >= 11 is 0. The molecule has 1 aliphatic rings. The van der Waals surface area contributed by atoms with Crippen LogP contribution in [0.15, 0.2) is 42.5 Å². The second kappa shape index (κ2) is 4.48. The first-order valence-electron chi connectivity index (χ1n) is 6.94. The Morgan fingerprint density at radius 1 is 0.950 bits per heavy atom. The number of hydrogen-bond acceptors (Lipinski definition) is 1. The van der Waals surface area contributed by atoms with E-state index in [2.05, 4.69) is 32.0 Å². The van der Waals surface area contributed by atoms with Gasteiger partial charge in [0.2, 0.25) is 0 Å². The van der Waals surface area contributed by atoms with Crippen molar-refractivity contribution in [2.24, 2.45) is 0 Å². The van der Waals surface area contributed by atoms with Crippen molar-refractivity contribution in [2.75, 3.05) is 0 Å². The SMILES string of the molecule is Cc1ccc(-c2ccc(C3(C(=O)O)CC3)cc2)cc1C. The zero-order chi connectivity index (χ0) is 14.3. The molecule has 2 aromatic carbocycles. The van der Waals surface area contributed by atoms with Gasteiger partial charge in [-0.1, -0.05) is 42.5 Å². The lowest BCUT2D eigenvalue weighted by molar-refractivity contribution is -0.140. The highest BCUT2D eigenvalue weighted by Crippen LogP contribution is 2.48. The van der Waals surface area contributed by atoms with Gasteiger partial charge in [0.25, 0.3) is 0 Å². The summed E-state index contributed by atoms with van der Waals surface area (Å²) in [4.78, 5) is 11.3. The third kappa shape index (κ3) is 2.01. The van der Waals surface area contributed by atoms with Crippen LogP contribution < -0.4 is 0 Å². The maximum Gasteiger partial charge on any atom is 0.314 e. The fourth-order valence-electron chi connectivity index (χ4n) is 2.65. The molecule has 20 heavy (non-hydrogen) atoms. The molecule has 0 aliphatic heterocycles. The summed E-state index contributed by atoms with van der Waals surface area (Å²) in [7, 11) is 0. The van der Waals surface area contributed by atoms with Crippen LogP contribution >= 0.6 is 0 Å². The van der Waals surface area contributed by atoms with Crippen molar-refractivity contribution >= 4 is 5.97 Å². The van der Waals surface area contributed by atoms with E-state index in [0.717, 1.165) is 24.0 Å². The average molecular weight is 266 g/mol. The van der Waals surface area contributed by atoms with Crippen LogP contribution in [0.25, 0.3) is 11.1 Å². The van der Waals surface area contributed by atoms with Crippen LogP contribution in [0.3, 0.4) is 0 Å². The Kier molecular flexibility index (Phi) is 2.89. The second-order valence-corrected chi connectivity index (χ2v) is 5.76. The van der Waals surface area contributed by atoms with E-state index >= 15 is 0 Å². The Labute approximate surface area is 119 Å². The van der Waals surface area contributed by atoms with Gasteiger partial charge in [0.15, 0.2) is 0 Å². The number of aliphatic carboxylic acids is 1. The molecule has 0 radical (unpaired) electrons. The monoisotopic (exact) mass is 266 g/mol. The van der Waals surface area contributed by atoms with Gasteiger partial charge in [-0.25, -0.2) is 0 Å². The van der Waals surface area contributed by atoms with Gasteiger partial charge < -0.3 is 5.11 Å². The summed E-state index contributed by atoms with van der Waals surface area (Å²) in [5, 5.41) is 9.31. The highest BCUT2D eigenvalue weighted by Gasteiger charge is 2.51. The molecule has 1 saturated carbocycles. The maximum absolute atomic E-state index is 11.3. The van der Waals surface area contributed by atoms with Crippen LogP contribution in [0.4, 0.5) is 0 Å². The number of carboxylic acids is 1. The quantitative estimate of drug-likeness (QED) is 0.908. The molecule has 1 fully saturated rings. The van der Waals surface area contributed by atoms with Crippen LogP contribution in [0.1, 0.15) is 29.5 Å². The van der Waals surface area contributed by atoms with Crippen molar-refractivity contribution in [1.29, 1.82) is 0 Å². The molecule has 2 heteroatoms. The zero-order valence-electron chi connectivity index (χ0n) is 11.8. The van der Waals surface area contributed by atoms with Crippen LogP contribution in [-0.2, 0) is 10.2 Å². The minimum absolute atomic E-state index is 0.609. The Balaban J connectivity index is 1.93. The van der Waals surface area contributed by atoms with E-state index in [1.165, 1.54) is 16.7 Å². The molecular formula is C18H18O2. The Morgan fingerprint density at radius 2 is 1.55 bits per heavy atom. The summed E-state index contributed by atoms with van der Waals surface area (Å²) in [6.07, 6.45) is 1.51. The topological polar surface area (TPSA) is 37.3 Å². The fourth-order valence-corrected chi connectivity index (χ4v) is 2.65. The first-order valence-corrected chi connectivity index (χ1v) is 6.94. The van der Waals surface area contributed by atoms with E-state index in [9.17, 15) is 9.90 Å². The van der Waals surface area contributed by atoms with Gasteiger partial charge in [-0.3, -0.25) is 4.79 Å². The Bertz CT molecular complexity index is 664. The highest BCUT2D eigenvalue weighted by atomic mass is 16.4. The minimum atomic E-state index is -0.698. The fraction of sp³-hybridized carbons (Fsp3) is 0.278. The van der Waals surface area contributed by atoms with E-state index in [1.54, 1.807) is 0 Å². The molecule has 0 saturated heterocycles. The van der Waals surface area contributed by atoms with Crippen molar-refractivity contribution in [3.05, 3.63) is 59.2 Å². The molecule has 2 nitrogen and oxygen atoms in total. The van der Waals surface area contributed by atoms with E-state index in [1.807, 2.05) is 24.3 Å². The summed E-state index contributed by atoms with van der Waals surface area (Å²) < 4.78 is 0. The third-order valence-corrected chi connectivity index (χ3v) is 4.44. The molecule has 3 rings (SSSR count). The molecule has 0 aromatic heterocycles. The summed E-state index contributed by atoms with van der Waals surface area (Å²) in [6, 6.07) is 14.4. The van der Waals surface area contributed by atoms with Gasteiger partial charge in [0.05, 0.1) is 5.41 Å². The Hall–Kier alpha value is -2.09. The van der Waals surface area contributed by atoms with E-state index < -0.39 is 11.4 Å². The van der Waals surface area contributed by atoms with Gasteiger partial charge in [-0.05, 0) is 54.5 Å². The largest absolute Gasteiger partial charge is 0.481 e. The molecule has 0 amide bonds. The normalized spacial score (nSPS) is 15.9. The predicted molar refractivity (Wildman–Crippen MR) is 79.9 cm³/mol. The van der Waals surface area contributed by atoms with Gasteiger partial charge >= 0.3 is 5.97 Å². The summed E-state index contributed by atoms with van der Waals surface area (Å²) in [5.41, 5.74) is 5.20. The van der Waals surface area contributed by atoms with Crippen molar-refractivity contribution < 1.29 is 9.90 Å².